The summed E-state index contributed by atoms with van der Waals surface area (Å²) in [5.41, 5.74) is 0.725. The fraction of sp³-hybridized carbons (Fsp3) is 0. The Balaban J connectivity index is 3.03. The fourth-order valence-electron chi connectivity index (χ4n) is 0.994. The standard InChI is InChI=1S/C8H6N2O/c11-8-5-1-3-7-4-2-6-9-10(7)8/h1-6H. The average Bonchev–Trinajstić information content (AvgIpc) is 2.06. The lowest BCUT2D eigenvalue weighted by molar-refractivity contribution is 0.888. The molecule has 2 heterocycles. The second-order valence-corrected chi connectivity index (χ2v) is 2.22. The number of pyridine rings is 1. The van der Waals surface area contributed by atoms with Gasteiger partial charge in [-0.15, -0.1) is 0 Å². The van der Waals surface area contributed by atoms with Crippen molar-refractivity contribution in [2.75, 3.05) is 0 Å². The van der Waals surface area contributed by atoms with Crippen molar-refractivity contribution in [3.05, 3.63) is 46.9 Å². The molecule has 0 bridgehead atoms. The maximum absolute atomic E-state index is 11.1. The average molecular weight is 146 g/mol. The molecule has 3 heteroatoms. The summed E-state index contributed by atoms with van der Waals surface area (Å²) in [5, 5.41) is 3.88. The highest BCUT2D eigenvalue weighted by Gasteiger charge is 1.90. The van der Waals surface area contributed by atoms with Crippen LogP contribution in [0.1, 0.15) is 0 Å². The molecule has 0 saturated heterocycles. The van der Waals surface area contributed by atoms with Gasteiger partial charge in [-0.05, 0) is 18.2 Å². The second-order valence-electron chi connectivity index (χ2n) is 2.22. The third kappa shape index (κ3) is 0.902. The molecule has 3 nitrogen and oxygen atoms in total. The predicted molar refractivity (Wildman–Crippen MR) is 41.5 cm³/mol. The maximum Gasteiger partial charge on any atom is 0.271 e. The lowest BCUT2D eigenvalue weighted by atomic mass is 10.4. The van der Waals surface area contributed by atoms with Crippen LogP contribution in [0.3, 0.4) is 0 Å². The number of nitrogens with zero attached hydrogens (tertiary/aromatic N) is 2. The van der Waals surface area contributed by atoms with Crippen molar-refractivity contribution in [3.8, 4) is 0 Å². The molecule has 2 aromatic heterocycles. The van der Waals surface area contributed by atoms with Crippen LogP contribution in [0.15, 0.2) is 41.3 Å². The van der Waals surface area contributed by atoms with Crippen molar-refractivity contribution in [1.82, 2.24) is 9.61 Å². The first-order chi connectivity index (χ1) is 5.38. The molecule has 0 amide bonds. The summed E-state index contributed by atoms with van der Waals surface area (Å²) in [6.07, 6.45) is 1.59. The van der Waals surface area contributed by atoms with E-state index in [0.29, 0.717) is 0 Å². The fourth-order valence-corrected chi connectivity index (χ4v) is 0.994. The van der Waals surface area contributed by atoms with Crippen molar-refractivity contribution >= 4 is 5.52 Å². The molecule has 0 aliphatic heterocycles. The Morgan fingerprint density at radius 1 is 1.18 bits per heavy atom. The molecule has 0 aliphatic rings. The van der Waals surface area contributed by atoms with Crippen LogP contribution in [0.5, 0.6) is 0 Å². The van der Waals surface area contributed by atoms with Gasteiger partial charge in [-0.25, -0.2) is 0 Å². The number of hydrogen-bond donors (Lipinski definition) is 0. The topological polar surface area (TPSA) is 34.4 Å². The highest BCUT2D eigenvalue weighted by Crippen LogP contribution is 1.93. The normalized spacial score (nSPS) is 10.2. The second kappa shape index (κ2) is 2.20. The molecule has 0 aromatic carbocycles. The first-order valence-corrected chi connectivity index (χ1v) is 3.31. The third-order valence-electron chi connectivity index (χ3n) is 1.49. The molecule has 11 heavy (non-hydrogen) atoms. The molecule has 54 valence electrons. The quantitative estimate of drug-likeness (QED) is 0.548. The Labute approximate surface area is 62.9 Å². The van der Waals surface area contributed by atoms with Crippen LogP contribution >= 0.6 is 0 Å². The molecule has 2 aromatic rings. The van der Waals surface area contributed by atoms with E-state index in [1.165, 1.54) is 10.6 Å². The molecular formula is C8H6N2O. The molecule has 0 aliphatic carbocycles. The monoisotopic (exact) mass is 146 g/mol. The molecule has 0 unspecified atom stereocenters. The number of rotatable bonds is 0. The van der Waals surface area contributed by atoms with Crippen molar-refractivity contribution in [1.29, 1.82) is 0 Å². The zero-order chi connectivity index (χ0) is 7.68. The zero-order valence-electron chi connectivity index (χ0n) is 5.77. The molecule has 0 spiro atoms. The van der Waals surface area contributed by atoms with E-state index in [-0.39, 0.29) is 5.56 Å². The van der Waals surface area contributed by atoms with Gasteiger partial charge in [0.05, 0.1) is 5.52 Å². The van der Waals surface area contributed by atoms with E-state index >= 15 is 0 Å². The van der Waals surface area contributed by atoms with Crippen LogP contribution in [-0.4, -0.2) is 9.61 Å². The van der Waals surface area contributed by atoms with Gasteiger partial charge in [-0.3, -0.25) is 4.79 Å². The minimum Gasteiger partial charge on any atom is -0.267 e. The van der Waals surface area contributed by atoms with E-state index in [1.807, 2.05) is 12.1 Å². The van der Waals surface area contributed by atoms with Gasteiger partial charge in [-0.2, -0.15) is 9.61 Å². The highest BCUT2D eigenvalue weighted by atomic mass is 16.1. The highest BCUT2D eigenvalue weighted by molar-refractivity contribution is 5.43. The lowest BCUT2D eigenvalue weighted by Crippen LogP contribution is -2.13. The van der Waals surface area contributed by atoms with Crippen molar-refractivity contribution < 1.29 is 0 Å². The van der Waals surface area contributed by atoms with Gasteiger partial charge < -0.3 is 0 Å². The molecule has 2 rings (SSSR count). The van der Waals surface area contributed by atoms with Gasteiger partial charge in [0, 0.05) is 12.3 Å². The van der Waals surface area contributed by atoms with Crippen LogP contribution in [0.4, 0.5) is 0 Å². The summed E-state index contributed by atoms with van der Waals surface area (Å²) in [6, 6.07) is 8.69. The third-order valence-corrected chi connectivity index (χ3v) is 1.49. The summed E-state index contributed by atoms with van der Waals surface area (Å²) in [7, 11) is 0. The van der Waals surface area contributed by atoms with Gasteiger partial charge in [0.25, 0.3) is 5.56 Å². The van der Waals surface area contributed by atoms with Crippen LogP contribution in [0, 0.1) is 0 Å². The van der Waals surface area contributed by atoms with E-state index in [2.05, 4.69) is 5.10 Å². The molecular weight excluding hydrogens is 140 g/mol. The summed E-state index contributed by atoms with van der Waals surface area (Å²) >= 11 is 0. The molecule has 0 fully saturated rings. The van der Waals surface area contributed by atoms with Crippen molar-refractivity contribution in [3.63, 3.8) is 0 Å². The van der Waals surface area contributed by atoms with Crippen LogP contribution in [0.25, 0.3) is 5.52 Å². The van der Waals surface area contributed by atoms with Gasteiger partial charge >= 0.3 is 0 Å². The minimum absolute atomic E-state index is 0.0944. The van der Waals surface area contributed by atoms with Gasteiger partial charge in [0.15, 0.2) is 0 Å². The predicted octanol–water partition coefficient (Wildman–Crippen LogP) is 0.694. The summed E-state index contributed by atoms with van der Waals surface area (Å²) in [5.74, 6) is 0. The van der Waals surface area contributed by atoms with Crippen molar-refractivity contribution in [2.45, 2.75) is 0 Å². The number of aromatic nitrogens is 2. The van der Waals surface area contributed by atoms with Gasteiger partial charge in [-0.1, -0.05) is 6.07 Å². The Bertz CT molecular complexity index is 428. The van der Waals surface area contributed by atoms with Crippen LogP contribution < -0.4 is 5.56 Å². The largest absolute Gasteiger partial charge is 0.271 e. The summed E-state index contributed by atoms with van der Waals surface area (Å²) in [6.45, 7) is 0. The van der Waals surface area contributed by atoms with E-state index in [9.17, 15) is 4.79 Å². The van der Waals surface area contributed by atoms with Crippen LogP contribution in [-0.2, 0) is 0 Å². The molecule has 0 N–H and O–H groups in total. The van der Waals surface area contributed by atoms with Crippen LogP contribution in [0.2, 0.25) is 0 Å². The van der Waals surface area contributed by atoms with Crippen molar-refractivity contribution in [2.24, 2.45) is 0 Å². The van der Waals surface area contributed by atoms with E-state index in [0.717, 1.165) is 5.52 Å². The summed E-state index contributed by atoms with van der Waals surface area (Å²) in [4.78, 5) is 11.1. The zero-order valence-corrected chi connectivity index (χ0v) is 5.77. The van der Waals surface area contributed by atoms with Gasteiger partial charge in [0.1, 0.15) is 0 Å². The Kier molecular flexibility index (Phi) is 1.22. The van der Waals surface area contributed by atoms with E-state index in [1.54, 1.807) is 18.3 Å². The Hall–Kier alpha value is -1.64. The van der Waals surface area contributed by atoms with E-state index in [4.69, 9.17) is 0 Å². The SMILES string of the molecule is O=c1cccc2cccnn12. The molecule has 0 atom stereocenters. The minimum atomic E-state index is -0.0944. The maximum atomic E-state index is 11.1. The molecule has 0 radical (unpaired) electrons. The Morgan fingerprint density at radius 3 is 2.82 bits per heavy atom. The smallest absolute Gasteiger partial charge is 0.267 e. The first-order valence-electron chi connectivity index (χ1n) is 3.31. The molecule has 0 saturated carbocycles. The van der Waals surface area contributed by atoms with E-state index < -0.39 is 0 Å². The number of fused-ring (bicyclic) bond motifs is 1. The first kappa shape index (κ1) is 6.09. The van der Waals surface area contributed by atoms with Gasteiger partial charge in [0.2, 0.25) is 0 Å². The lowest BCUT2D eigenvalue weighted by Gasteiger charge is -1.94. The number of hydrogen-bond acceptors (Lipinski definition) is 2. The summed E-state index contributed by atoms with van der Waals surface area (Å²) < 4.78 is 1.36. The Morgan fingerprint density at radius 2 is 2.00 bits per heavy atom.